The van der Waals surface area contributed by atoms with Gasteiger partial charge in [-0.1, -0.05) is 6.07 Å². The second-order valence-corrected chi connectivity index (χ2v) is 6.86. The number of piperidine rings is 1. The van der Waals surface area contributed by atoms with Crippen LogP contribution in [0.2, 0.25) is 0 Å². The summed E-state index contributed by atoms with van der Waals surface area (Å²) in [4.78, 5) is 14.4. The van der Waals surface area contributed by atoms with Crippen molar-refractivity contribution in [1.29, 1.82) is 0 Å². The van der Waals surface area contributed by atoms with Crippen LogP contribution in [0.3, 0.4) is 0 Å². The summed E-state index contributed by atoms with van der Waals surface area (Å²) in [5.74, 6) is -0.676. The van der Waals surface area contributed by atoms with Crippen LogP contribution in [0.4, 0.5) is 8.78 Å². The molecule has 0 aliphatic carbocycles. The third-order valence-corrected chi connectivity index (χ3v) is 4.99. The molecule has 0 spiro atoms. The zero-order valence-electron chi connectivity index (χ0n) is 16.0. The molecule has 0 aromatic heterocycles. The van der Waals surface area contributed by atoms with Gasteiger partial charge in [0.05, 0.1) is 12.7 Å². The molecule has 0 saturated carbocycles. The molecule has 1 N–H and O–H groups in total. The van der Waals surface area contributed by atoms with E-state index in [0.717, 1.165) is 19.4 Å². The van der Waals surface area contributed by atoms with Gasteiger partial charge < -0.3 is 15.0 Å². The second-order valence-electron chi connectivity index (χ2n) is 6.86. The molecule has 3 rings (SSSR count). The Morgan fingerprint density at radius 1 is 1.21 bits per heavy atom. The van der Waals surface area contributed by atoms with Gasteiger partial charge in [-0.15, -0.1) is 12.4 Å². The Morgan fingerprint density at radius 2 is 2.00 bits per heavy atom. The van der Waals surface area contributed by atoms with Crippen LogP contribution in [-0.4, -0.2) is 44.6 Å². The maximum absolute atomic E-state index is 14.7. The lowest BCUT2D eigenvalue weighted by molar-refractivity contribution is 0.0669. The zero-order valence-corrected chi connectivity index (χ0v) is 16.8. The van der Waals surface area contributed by atoms with Crippen molar-refractivity contribution in [3.8, 4) is 16.9 Å². The Labute approximate surface area is 170 Å². The minimum absolute atomic E-state index is 0. The van der Waals surface area contributed by atoms with Gasteiger partial charge in [0.2, 0.25) is 0 Å². The number of hydrogen-bond acceptors (Lipinski definition) is 3. The van der Waals surface area contributed by atoms with Crippen molar-refractivity contribution in [1.82, 2.24) is 10.2 Å². The van der Waals surface area contributed by atoms with Crippen molar-refractivity contribution in [2.75, 3.05) is 33.8 Å². The smallest absolute Gasteiger partial charge is 0.256 e. The third kappa shape index (κ3) is 4.80. The Bertz CT molecular complexity index is 830. The predicted octanol–water partition coefficient (Wildman–Crippen LogP) is 4.13. The molecule has 1 unspecified atom stereocenters. The first-order chi connectivity index (χ1) is 13.0. The van der Waals surface area contributed by atoms with Gasteiger partial charge in [-0.05, 0) is 62.2 Å². The molecule has 0 radical (unpaired) electrons. The summed E-state index contributed by atoms with van der Waals surface area (Å²) in [6.45, 7) is 2.09. The lowest BCUT2D eigenvalue weighted by Crippen LogP contribution is -2.42. The molecule has 1 aliphatic heterocycles. The molecule has 2 aromatic carbocycles. The molecule has 0 bridgehead atoms. The maximum atomic E-state index is 14.7. The van der Waals surface area contributed by atoms with E-state index in [4.69, 9.17) is 4.74 Å². The van der Waals surface area contributed by atoms with E-state index in [1.165, 1.54) is 31.4 Å². The number of methoxy groups -OCH3 is 1. The normalized spacial score (nSPS) is 16.4. The molecule has 1 atom stereocenters. The summed E-state index contributed by atoms with van der Waals surface area (Å²) >= 11 is 0. The highest BCUT2D eigenvalue weighted by molar-refractivity contribution is 5.95. The van der Waals surface area contributed by atoms with E-state index in [1.54, 1.807) is 17.0 Å². The highest BCUT2D eigenvalue weighted by atomic mass is 35.5. The number of halogens is 3. The fourth-order valence-electron chi connectivity index (χ4n) is 3.59. The van der Waals surface area contributed by atoms with E-state index in [0.29, 0.717) is 30.3 Å². The van der Waals surface area contributed by atoms with E-state index < -0.39 is 11.6 Å². The molecule has 1 heterocycles. The highest BCUT2D eigenvalue weighted by Gasteiger charge is 2.26. The number of ether oxygens (including phenoxy) is 1. The first kappa shape index (κ1) is 22.1. The van der Waals surface area contributed by atoms with Crippen LogP contribution in [0.15, 0.2) is 36.4 Å². The van der Waals surface area contributed by atoms with E-state index >= 15 is 0 Å². The topological polar surface area (TPSA) is 41.6 Å². The van der Waals surface area contributed by atoms with E-state index in [2.05, 4.69) is 5.32 Å². The number of nitrogens with one attached hydrogen (secondary N) is 1. The quantitative estimate of drug-likeness (QED) is 0.805. The van der Waals surface area contributed by atoms with Crippen LogP contribution >= 0.6 is 12.4 Å². The molecule has 7 heteroatoms. The van der Waals surface area contributed by atoms with Gasteiger partial charge in [0, 0.05) is 24.7 Å². The van der Waals surface area contributed by atoms with Crippen molar-refractivity contribution in [2.24, 2.45) is 5.92 Å². The molecule has 1 aliphatic rings. The van der Waals surface area contributed by atoms with Crippen molar-refractivity contribution in [2.45, 2.75) is 12.8 Å². The molecule has 1 saturated heterocycles. The van der Waals surface area contributed by atoms with Crippen LogP contribution in [-0.2, 0) is 0 Å². The molecule has 4 nitrogen and oxygen atoms in total. The summed E-state index contributed by atoms with van der Waals surface area (Å²) in [5.41, 5.74) is 0.675. The average molecular weight is 411 g/mol. The summed E-state index contributed by atoms with van der Waals surface area (Å²) < 4.78 is 33.9. The summed E-state index contributed by atoms with van der Waals surface area (Å²) in [5, 5.41) is 3.13. The number of carbonyl (C=O) groups excluding carboxylic acids is 1. The molecule has 152 valence electrons. The minimum Gasteiger partial charge on any atom is -0.497 e. The first-order valence-electron chi connectivity index (χ1n) is 9.10. The number of amides is 1. The number of hydrogen-bond donors (Lipinski definition) is 1. The maximum Gasteiger partial charge on any atom is 0.256 e. The fraction of sp³-hybridized carbons (Fsp3) is 0.381. The lowest BCUT2D eigenvalue weighted by Gasteiger charge is -2.32. The van der Waals surface area contributed by atoms with Crippen LogP contribution in [0.25, 0.3) is 11.1 Å². The molecular formula is C21H25ClF2N2O2. The van der Waals surface area contributed by atoms with E-state index in [9.17, 15) is 13.6 Å². The number of carbonyl (C=O) groups is 1. The van der Waals surface area contributed by atoms with E-state index in [-0.39, 0.29) is 29.4 Å². The Hall–Kier alpha value is -2.18. The summed E-state index contributed by atoms with van der Waals surface area (Å²) in [6, 6.07) is 8.64. The molecule has 1 fully saturated rings. The molecule has 2 aromatic rings. The summed E-state index contributed by atoms with van der Waals surface area (Å²) in [6.07, 6.45) is 1.97. The minimum atomic E-state index is -0.636. The predicted molar refractivity (Wildman–Crippen MR) is 108 cm³/mol. The van der Waals surface area contributed by atoms with Crippen LogP contribution in [0, 0.1) is 17.6 Å². The van der Waals surface area contributed by atoms with Crippen molar-refractivity contribution in [3.63, 3.8) is 0 Å². The van der Waals surface area contributed by atoms with Gasteiger partial charge in [-0.25, -0.2) is 8.78 Å². The highest BCUT2D eigenvalue weighted by Crippen LogP contribution is 2.28. The fourth-order valence-corrected chi connectivity index (χ4v) is 3.59. The van der Waals surface area contributed by atoms with Gasteiger partial charge in [-0.2, -0.15) is 0 Å². The average Bonchev–Trinajstić information content (AvgIpc) is 2.67. The largest absolute Gasteiger partial charge is 0.497 e. The van der Waals surface area contributed by atoms with Gasteiger partial charge in [0.15, 0.2) is 0 Å². The standard InChI is InChI=1S/C21H24F2N2O2.ClH/c1-24-12-14-4-3-9-25(13-14)21(26)18-7-5-15(10-19(18)22)17-8-6-16(27-2)11-20(17)23;/h5-8,10-11,14,24H,3-4,9,12-13H2,1-2H3;1H. The number of rotatable bonds is 5. The second kappa shape index (κ2) is 9.85. The molecule has 1 amide bonds. The van der Waals surface area contributed by atoms with Crippen molar-refractivity contribution >= 4 is 18.3 Å². The Morgan fingerprint density at radius 3 is 2.64 bits per heavy atom. The Balaban J connectivity index is 0.00000280. The van der Waals surface area contributed by atoms with Gasteiger partial charge in [-0.3, -0.25) is 4.79 Å². The van der Waals surface area contributed by atoms with Crippen molar-refractivity contribution in [3.05, 3.63) is 53.6 Å². The number of nitrogens with zero attached hydrogens (tertiary/aromatic N) is 1. The van der Waals surface area contributed by atoms with Gasteiger partial charge in [0.1, 0.15) is 17.4 Å². The SMILES string of the molecule is CNCC1CCCN(C(=O)c2ccc(-c3ccc(OC)cc3F)cc2F)C1.Cl. The third-order valence-electron chi connectivity index (χ3n) is 4.99. The Kier molecular flexibility index (Phi) is 7.78. The monoisotopic (exact) mass is 410 g/mol. The number of likely N-dealkylation sites (tertiary alicyclic amines) is 1. The van der Waals surface area contributed by atoms with Gasteiger partial charge >= 0.3 is 0 Å². The number of benzene rings is 2. The first-order valence-corrected chi connectivity index (χ1v) is 9.10. The lowest BCUT2D eigenvalue weighted by atomic mass is 9.96. The molecule has 28 heavy (non-hydrogen) atoms. The molecular weight excluding hydrogens is 386 g/mol. The van der Waals surface area contributed by atoms with E-state index in [1.807, 2.05) is 7.05 Å². The van der Waals surface area contributed by atoms with Crippen LogP contribution < -0.4 is 10.1 Å². The van der Waals surface area contributed by atoms with Gasteiger partial charge in [0.25, 0.3) is 5.91 Å². The van der Waals surface area contributed by atoms with Crippen LogP contribution in [0.1, 0.15) is 23.2 Å². The zero-order chi connectivity index (χ0) is 19.4. The van der Waals surface area contributed by atoms with Crippen LogP contribution in [0.5, 0.6) is 5.75 Å². The van der Waals surface area contributed by atoms with Crippen molar-refractivity contribution < 1.29 is 18.3 Å². The summed E-state index contributed by atoms with van der Waals surface area (Å²) in [7, 11) is 3.34.